The molecule has 0 aromatic heterocycles. The van der Waals surface area contributed by atoms with E-state index >= 15 is 0 Å². The Morgan fingerprint density at radius 1 is 1.29 bits per heavy atom. The van der Waals surface area contributed by atoms with Gasteiger partial charge in [0.05, 0.1) is 5.56 Å². The highest BCUT2D eigenvalue weighted by atomic mass is 19.4. The third-order valence-corrected chi connectivity index (χ3v) is 2.02. The van der Waals surface area contributed by atoms with Crippen LogP contribution in [0.3, 0.4) is 0 Å². The van der Waals surface area contributed by atoms with E-state index in [2.05, 4.69) is 0 Å². The van der Waals surface area contributed by atoms with E-state index in [1.807, 2.05) is 6.92 Å². The summed E-state index contributed by atoms with van der Waals surface area (Å²) in [5, 5.41) is 0. The molecular formula is C10H12F3N. The van der Waals surface area contributed by atoms with Crippen LogP contribution in [-0.2, 0) is 12.6 Å². The van der Waals surface area contributed by atoms with E-state index in [1.165, 1.54) is 6.07 Å². The van der Waals surface area contributed by atoms with Crippen LogP contribution in [0.5, 0.6) is 0 Å². The third-order valence-electron chi connectivity index (χ3n) is 2.02. The van der Waals surface area contributed by atoms with Gasteiger partial charge in [0.2, 0.25) is 0 Å². The molecule has 0 saturated heterocycles. The molecule has 1 rings (SSSR count). The SMILES string of the molecule is CCCc1cccc(C(F)(F)F)c1N. The Morgan fingerprint density at radius 3 is 2.43 bits per heavy atom. The fourth-order valence-electron chi connectivity index (χ4n) is 1.35. The summed E-state index contributed by atoms with van der Waals surface area (Å²) in [7, 11) is 0. The standard InChI is InChI=1S/C10H12F3N/c1-2-4-7-5-3-6-8(9(7)14)10(11,12)13/h3,5-6H,2,4,14H2,1H3. The Labute approximate surface area is 80.7 Å². The van der Waals surface area contributed by atoms with Crippen LogP contribution < -0.4 is 5.73 Å². The van der Waals surface area contributed by atoms with Gasteiger partial charge in [-0.3, -0.25) is 0 Å². The minimum atomic E-state index is -4.35. The van der Waals surface area contributed by atoms with Crippen molar-refractivity contribution in [3.05, 3.63) is 29.3 Å². The van der Waals surface area contributed by atoms with Crippen molar-refractivity contribution in [2.75, 3.05) is 5.73 Å². The highest BCUT2D eigenvalue weighted by molar-refractivity contribution is 5.55. The molecule has 0 heterocycles. The van der Waals surface area contributed by atoms with Gasteiger partial charge in [-0.05, 0) is 18.1 Å². The lowest BCUT2D eigenvalue weighted by atomic mass is 10.0. The van der Waals surface area contributed by atoms with Crippen molar-refractivity contribution in [2.45, 2.75) is 25.9 Å². The topological polar surface area (TPSA) is 26.0 Å². The first-order chi connectivity index (χ1) is 6.46. The first-order valence-corrected chi connectivity index (χ1v) is 4.41. The molecule has 4 heteroatoms. The van der Waals surface area contributed by atoms with Crippen molar-refractivity contribution < 1.29 is 13.2 Å². The second-order valence-electron chi connectivity index (χ2n) is 3.13. The minimum absolute atomic E-state index is 0.137. The predicted octanol–water partition coefficient (Wildman–Crippen LogP) is 3.24. The molecule has 14 heavy (non-hydrogen) atoms. The fraction of sp³-hybridized carbons (Fsp3) is 0.400. The van der Waals surface area contributed by atoms with Crippen LogP contribution in [0.1, 0.15) is 24.5 Å². The number of benzene rings is 1. The Morgan fingerprint density at radius 2 is 1.93 bits per heavy atom. The fourth-order valence-corrected chi connectivity index (χ4v) is 1.35. The monoisotopic (exact) mass is 203 g/mol. The van der Waals surface area contributed by atoms with Crippen LogP contribution in [0.2, 0.25) is 0 Å². The van der Waals surface area contributed by atoms with Gasteiger partial charge < -0.3 is 5.73 Å². The molecule has 0 amide bonds. The number of hydrogen-bond acceptors (Lipinski definition) is 1. The molecule has 0 spiro atoms. The summed E-state index contributed by atoms with van der Waals surface area (Å²) in [5.41, 5.74) is 5.14. The Balaban J connectivity index is 3.14. The maximum atomic E-state index is 12.4. The lowest BCUT2D eigenvalue weighted by molar-refractivity contribution is -0.136. The van der Waals surface area contributed by atoms with Gasteiger partial charge in [0.15, 0.2) is 0 Å². The highest BCUT2D eigenvalue weighted by Crippen LogP contribution is 2.35. The van der Waals surface area contributed by atoms with Gasteiger partial charge in [-0.25, -0.2) is 0 Å². The first kappa shape index (κ1) is 10.9. The maximum Gasteiger partial charge on any atom is 0.418 e. The predicted molar refractivity (Wildman–Crippen MR) is 49.9 cm³/mol. The number of nitrogen functional groups attached to an aromatic ring is 1. The molecule has 78 valence electrons. The first-order valence-electron chi connectivity index (χ1n) is 4.41. The van der Waals surface area contributed by atoms with Gasteiger partial charge in [-0.2, -0.15) is 13.2 Å². The quantitative estimate of drug-likeness (QED) is 0.733. The summed E-state index contributed by atoms with van der Waals surface area (Å²) in [4.78, 5) is 0. The van der Waals surface area contributed by atoms with Gasteiger partial charge in [-0.1, -0.05) is 25.5 Å². The summed E-state index contributed by atoms with van der Waals surface area (Å²) >= 11 is 0. The van der Waals surface area contributed by atoms with Gasteiger partial charge >= 0.3 is 6.18 Å². The second kappa shape index (κ2) is 3.90. The number of rotatable bonds is 2. The number of alkyl halides is 3. The van der Waals surface area contributed by atoms with Crippen LogP contribution in [0.25, 0.3) is 0 Å². The molecule has 0 aliphatic heterocycles. The number of para-hydroxylation sites is 1. The van der Waals surface area contributed by atoms with E-state index in [1.54, 1.807) is 6.07 Å². The summed E-state index contributed by atoms with van der Waals surface area (Å²) in [6, 6.07) is 4.03. The van der Waals surface area contributed by atoms with E-state index in [0.29, 0.717) is 12.0 Å². The molecule has 0 bridgehead atoms. The van der Waals surface area contributed by atoms with Crippen molar-refractivity contribution in [3.63, 3.8) is 0 Å². The second-order valence-corrected chi connectivity index (χ2v) is 3.13. The van der Waals surface area contributed by atoms with E-state index in [0.717, 1.165) is 12.5 Å². The zero-order valence-corrected chi connectivity index (χ0v) is 7.86. The highest BCUT2D eigenvalue weighted by Gasteiger charge is 2.33. The summed E-state index contributed by atoms with van der Waals surface area (Å²) in [6.07, 6.45) is -2.99. The number of nitrogens with two attached hydrogens (primary N) is 1. The molecule has 0 radical (unpaired) electrons. The van der Waals surface area contributed by atoms with Crippen molar-refractivity contribution in [1.29, 1.82) is 0 Å². The Hall–Kier alpha value is -1.19. The summed E-state index contributed by atoms with van der Waals surface area (Å²) in [6.45, 7) is 1.90. The average molecular weight is 203 g/mol. The lowest BCUT2D eigenvalue weighted by Crippen LogP contribution is -2.10. The molecule has 0 unspecified atom stereocenters. The number of aryl methyl sites for hydroxylation is 1. The van der Waals surface area contributed by atoms with Crippen molar-refractivity contribution in [2.24, 2.45) is 0 Å². The molecule has 1 aromatic rings. The zero-order valence-electron chi connectivity index (χ0n) is 7.86. The molecule has 0 atom stereocenters. The Kier molecular flexibility index (Phi) is 3.03. The van der Waals surface area contributed by atoms with E-state index in [9.17, 15) is 13.2 Å². The van der Waals surface area contributed by atoms with Crippen molar-refractivity contribution >= 4 is 5.69 Å². The molecule has 1 nitrogen and oxygen atoms in total. The lowest BCUT2D eigenvalue weighted by Gasteiger charge is -2.12. The van der Waals surface area contributed by atoms with Gasteiger partial charge in [-0.15, -0.1) is 0 Å². The van der Waals surface area contributed by atoms with Gasteiger partial charge in [0.25, 0.3) is 0 Å². The van der Waals surface area contributed by atoms with E-state index in [-0.39, 0.29) is 5.69 Å². The van der Waals surface area contributed by atoms with Crippen LogP contribution >= 0.6 is 0 Å². The molecule has 1 aromatic carbocycles. The number of anilines is 1. The van der Waals surface area contributed by atoms with E-state index in [4.69, 9.17) is 5.73 Å². The van der Waals surface area contributed by atoms with Crippen LogP contribution in [0.15, 0.2) is 18.2 Å². The largest absolute Gasteiger partial charge is 0.418 e. The maximum absolute atomic E-state index is 12.4. The summed E-state index contributed by atoms with van der Waals surface area (Å²) < 4.78 is 37.2. The minimum Gasteiger partial charge on any atom is -0.398 e. The normalized spacial score (nSPS) is 11.7. The molecule has 0 fully saturated rings. The molecule has 0 aliphatic rings. The van der Waals surface area contributed by atoms with Crippen molar-refractivity contribution in [1.82, 2.24) is 0 Å². The smallest absolute Gasteiger partial charge is 0.398 e. The molecular weight excluding hydrogens is 191 g/mol. The van der Waals surface area contributed by atoms with Crippen LogP contribution in [0, 0.1) is 0 Å². The Bertz CT molecular complexity index is 318. The van der Waals surface area contributed by atoms with Crippen molar-refractivity contribution in [3.8, 4) is 0 Å². The average Bonchev–Trinajstić information content (AvgIpc) is 2.07. The number of halogens is 3. The summed E-state index contributed by atoms with van der Waals surface area (Å²) in [5.74, 6) is 0. The zero-order chi connectivity index (χ0) is 10.8. The van der Waals surface area contributed by atoms with Gasteiger partial charge in [0, 0.05) is 5.69 Å². The van der Waals surface area contributed by atoms with E-state index < -0.39 is 11.7 Å². The van der Waals surface area contributed by atoms with Crippen LogP contribution in [0.4, 0.5) is 18.9 Å². The van der Waals surface area contributed by atoms with Crippen LogP contribution in [-0.4, -0.2) is 0 Å². The number of hydrogen-bond donors (Lipinski definition) is 1. The third kappa shape index (κ3) is 2.19. The molecule has 0 saturated carbocycles. The van der Waals surface area contributed by atoms with Gasteiger partial charge in [0.1, 0.15) is 0 Å². The molecule has 2 N–H and O–H groups in total. The molecule has 0 aliphatic carbocycles.